The number of nitrogens with zero attached hydrogens (tertiary/aromatic N) is 3. The van der Waals surface area contributed by atoms with Crippen molar-refractivity contribution in [3.05, 3.63) is 46.0 Å². The van der Waals surface area contributed by atoms with Crippen LogP contribution in [-0.2, 0) is 17.8 Å². The van der Waals surface area contributed by atoms with E-state index in [2.05, 4.69) is 53.5 Å². The Balaban J connectivity index is 1.11. The molecule has 4 aliphatic rings. The van der Waals surface area contributed by atoms with Gasteiger partial charge in [-0.25, -0.2) is 4.98 Å². The standard InChI is InChI=1S/C32H45N5O3S/c1-19(29(39)33-23-9-10-23)24-11-12-32(3)17-25-27(20(2)26(32)28(24)38)34-31(41-25)35-30(40)22-7-5-21(6-8-22)18-37-15-13-36(4)14-16-37/h5-8,19-20,23-24,26,28,38H,9-18H2,1-4H3,(H,33,39)(H,34,35,40)/t19-,20-,24-,26+,28-,32-/m0/s1. The Labute approximate surface area is 247 Å². The van der Waals surface area contributed by atoms with Crippen LogP contribution in [-0.4, -0.2) is 77.1 Å². The summed E-state index contributed by atoms with van der Waals surface area (Å²) >= 11 is 1.57. The van der Waals surface area contributed by atoms with Crippen LogP contribution in [0.1, 0.15) is 78.9 Å². The van der Waals surface area contributed by atoms with E-state index in [1.807, 2.05) is 19.1 Å². The Morgan fingerprint density at radius 2 is 1.85 bits per heavy atom. The molecule has 0 radical (unpaired) electrons. The molecular weight excluding hydrogens is 534 g/mol. The zero-order valence-corrected chi connectivity index (χ0v) is 25.7. The van der Waals surface area contributed by atoms with Gasteiger partial charge in [-0.05, 0) is 74.1 Å². The number of amides is 2. The lowest BCUT2D eigenvalue weighted by molar-refractivity contribution is -0.134. The molecule has 6 atom stereocenters. The number of nitrogens with one attached hydrogen (secondary N) is 2. The average molecular weight is 580 g/mol. The predicted octanol–water partition coefficient (Wildman–Crippen LogP) is 4.11. The van der Waals surface area contributed by atoms with Crippen LogP contribution < -0.4 is 10.6 Å². The third-order valence-corrected chi connectivity index (χ3v) is 11.3. The van der Waals surface area contributed by atoms with Gasteiger partial charge in [0.05, 0.1) is 11.8 Å². The van der Waals surface area contributed by atoms with Gasteiger partial charge in [0.15, 0.2) is 5.13 Å². The van der Waals surface area contributed by atoms with E-state index in [9.17, 15) is 14.7 Å². The minimum Gasteiger partial charge on any atom is -0.392 e. The first-order valence-corrected chi connectivity index (χ1v) is 16.2. The Morgan fingerprint density at radius 3 is 2.54 bits per heavy atom. The number of rotatable bonds is 7. The summed E-state index contributed by atoms with van der Waals surface area (Å²) in [5.74, 6) is -0.237. The van der Waals surface area contributed by atoms with Gasteiger partial charge in [-0.3, -0.25) is 19.8 Å². The molecule has 1 saturated heterocycles. The third-order valence-electron chi connectivity index (χ3n) is 10.3. The van der Waals surface area contributed by atoms with Gasteiger partial charge in [0, 0.05) is 61.0 Å². The largest absolute Gasteiger partial charge is 0.392 e. The second kappa shape index (κ2) is 11.4. The summed E-state index contributed by atoms with van der Waals surface area (Å²) in [6.45, 7) is 11.6. The number of benzene rings is 1. The Bertz CT molecular complexity index is 1270. The van der Waals surface area contributed by atoms with Gasteiger partial charge in [0.2, 0.25) is 5.91 Å². The van der Waals surface area contributed by atoms with Gasteiger partial charge < -0.3 is 15.3 Å². The van der Waals surface area contributed by atoms with Gasteiger partial charge in [-0.2, -0.15) is 0 Å². The lowest BCUT2D eigenvalue weighted by atomic mass is 9.53. The van der Waals surface area contributed by atoms with Crippen LogP contribution in [0.15, 0.2) is 24.3 Å². The summed E-state index contributed by atoms with van der Waals surface area (Å²) in [6, 6.07) is 8.25. The Kier molecular flexibility index (Phi) is 8.00. The second-order valence-electron chi connectivity index (χ2n) is 13.5. The fraction of sp³-hybridized carbons (Fsp3) is 0.656. The highest BCUT2D eigenvalue weighted by Gasteiger charge is 2.54. The second-order valence-corrected chi connectivity index (χ2v) is 14.6. The number of aliphatic hydroxyl groups excluding tert-OH is 1. The topological polar surface area (TPSA) is 97.8 Å². The summed E-state index contributed by atoms with van der Waals surface area (Å²) in [4.78, 5) is 36.9. The predicted molar refractivity (Wildman–Crippen MR) is 162 cm³/mol. The van der Waals surface area contributed by atoms with Gasteiger partial charge in [0.25, 0.3) is 5.91 Å². The quantitative estimate of drug-likeness (QED) is 0.457. The minimum absolute atomic E-state index is 0.0309. The number of hydrogen-bond donors (Lipinski definition) is 3. The van der Waals surface area contributed by atoms with Crippen molar-refractivity contribution in [2.75, 3.05) is 38.5 Å². The molecule has 6 rings (SSSR count). The molecule has 3 N–H and O–H groups in total. The van der Waals surface area contributed by atoms with Gasteiger partial charge in [-0.1, -0.05) is 32.9 Å². The van der Waals surface area contributed by atoms with Crippen LogP contribution in [0.5, 0.6) is 0 Å². The van der Waals surface area contributed by atoms with Crippen molar-refractivity contribution >= 4 is 28.3 Å². The molecule has 2 aromatic rings. The number of likely N-dealkylation sites (N-methyl/N-ethyl adjacent to an activating group) is 1. The van der Waals surface area contributed by atoms with E-state index < -0.39 is 6.10 Å². The summed E-state index contributed by atoms with van der Waals surface area (Å²) < 4.78 is 0. The number of piperazine rings is 1. The monoisotopic (exact) mass is 579 g/mol. The highest BCUT2D eigenvalue weighted by Crippen LogP contribution is 2.57. The van der Waals surface area contributed by atoms with Crippen LogP contribution in [0.25, 0.3) is 0 Å². The lowest BCUT2D eigenvalue weighted by Gasteiger charge is -2.53. The van der Waals surface area contributed by atoms with Crippen molar-refractivity contribution in [3.8, 4) is 0 Å². The first kappa shape index (κ1) is 28.8. The molecule has 2 amide bonds. The first-order chi connectivity index (χ1) is 19.6. The van der Waals surface area contributed by atoms with Gasteiger partial charge in [0.1, 0.15) is 0 Å². The molecule has 0 bridgehead atoms. The number of carbonyl (C=O) groups excluding carboxylic acids is 2. The third kappa shape index (κ3) is 5.96. The van der Waals surface area contributed by atoms with E-state index in [4.69, 9.17) is 4.98 Å². The maximum Gasteiger partial charge on any atom is 0.257 e. The summed E-state index contributed by atoms with van der Waals surface area (Å²) in [6.07, 6.45) is 4.25. The summed E-state index contributed by atoms with van der Waals surface area (Å²) in [7, 11) is 2.16. The van der Waals surface area contributed by atoms with E-state index in [1.54, 1.807) is 11.3 Å². The molecule has 41 heavy (non-hydrogen) atoms. The molecule has 0 unspecified atom stereocenters. The number of aromatic nitrogens is 1. The molecule has 2 heterocycles. The lowest BCUT2D eigenvalue weighted by Crippen LogP contribution is -2.53. The average Bonchev–Trinajstić information content (AvgIpc) is 3.67. The Morgan fingerprint density at radius 1 is 1.15 bits per heavy atom. The van der Waals surface area contributed by atoms with Crippen molar-refractivity contribution in [1.29, 1.82) is 0 Å². The van der Waals surface area contributed by atoms with E-state index in [0.29, 0.717) is 16.7 Å². The number of aliphatic hydroxyl groups is 1. The van der Waals surface area contributed by atoms with Crippen molar-refractivity contribution < 1.29 is 14.7 Å². The summed E-state index contributed by atoms with van der Waals surface area (Å²) in [5, 5.41) is 18.5. The van der Waals surface area contributed by atoms with Crippen LogP contribution in [0.4, 0.5) is 5.13 Å². The van der Waals surface area contributed by atoms with Crippen molar-refractivity contribution in [2.45, 2.75) is 77.5 Å². The number of carbonyl (C=O) groups is 2. The Hall–Kier alpha value is -2.33. The fourth-order valence-corrected chi connectivity index (χ4v) is 8.81. The van der Waals surface area contributed by atoms with Crippen LogP contribution in [0.3, 0.4) is 0 Å². The molecule has 1 aromatic carbocycles. The first-order valence-electron chi connectivity index (χ1n) is 15.4. The number of anilines is 1. The molecule has 9 heteroatoms. The molecule has 222 valence electrons. The molecule has 0 spiro atoms. The van der Waals surface area contributed by atoms with Crippen molar-refractivity contribution in [1.82, 2.24) is 20.1 Å². The van der Waals surface area contributed by atoms with E-state index in [1.165, 1.54) is 10.4 Å². The van der Waals surface area contributed by atoms with E-state index >= 15 is 0 Å². The van der Waals surface area contributed by atoms with E-state index in [0.717, 1.165) is 70.5 Å². The minimum atomic E-state index is -0.555. The van der Waals surface area contributed by atoms with E-state index in [-0.39, 0.29) is 40.9 Å². The van der Waals surface area contributed by atoms with Gasteiger partial charge >= 0.3 is 0 Å². The molecule has 8 nitrogen and oxygen atoms in total. The van der Waals surface area contributed by atoms with Crippen LogP contribution in [0.2, 0.25) is 0 Å². The van der Waals surface area contributed by atoms with Crippen molar-refractivity contribution in [2.24, 2.45) is 23.2 Å². The molecule has 3 fully saturated rings. The normalized spacial score (nSPS) is 31.1. The summed E-state index contributed by atoms with van der Waals surface area (Å²) in [5.41, 5.74) is 2.79. The fourth-order valence-electron chi connectivity index (χ4n) is 7.55. The van der Waals surface area contributed by atoms with Crippen molar-refractivity contribution in [3.63, 3.8) is 0 Å². The SMILES string of the molecule is C[C@H](C(=O)NC1CC1)[C@@H]1CC[C@@]2(C)Cc3sc(NC(=O)c4ccc(CN5CCN(C)CC5)cc4)nc3[C@@H](C)[C@@H]2[C@H]1O. The molecular formula is C32H45N5O3S. The molecule has 1 aromatic heterocycles. The molecule has 1 aliphatic heterocycles. The highest BCUT2D eigenvalue weighted by atomic mass is 32.1. The zero-order chi connectivity index (χ0) is 28.9. The van der Waals surface area contributed by atoms with Gasteiger partial charge in [-0.15, -0.1) is 11.3 Å². The maximum absolute atomic E-state index is 13.1. The molecule has 2 saturated carbocycles. The van der Waals surface area contributed by atoms with Crippen LogP contribution >= 0.6 is 11.3 Å². The number of fused-ring (bicyclic) bond motifs is 2. The molecule has 3 aliphatic carbocycles. The zero-order valence-electron chi connectivity index (χ0n) is 24.9. The maximum atomic E-state index is 13.1. The number of thiazole rings is 1. The highest BCUT2D eigenvalue weighted by molar-refractivity contribution is 7.15. The number of hydrogen-bond acceptors (Lipinski definition) is 7. The van der Waals surface area contributed by atoms with Crippen LogP contribution in [0, 0.1) is 23.2 Å². The smallest absolute Gasteiger partial charge is 0.257 e.